The molecule has 0 bridgehead atoms. The SMILES string of the molecule is O=C(Nc1cccc(F)c1)Nc1cnn(Cc2ccncc2)c1. The van der Waals surface area contributed by atoms with Crippen molar-refractivity contribution >= 4 is 17.4 Å². The van der Waals surface area contributed by atoms with Crippen LogP contribution in [0.5, 0.6) is 0 Å². The molecule has 0 radical (unpaired) electrons. The fourth-order valence-electron chi connectivity index (χ4n) is 2.05. The molecule has 3 rings (SSSR count). The number of anilines is 2. The second-order valence-electron chi connectivity index (χ2n) is 4.87. The van der Waals surface area contributed by atoms with Gasteiger partial charge in [0.25, 0.3) is 0 Å². The van der Waals surface area contributed by atoms with Gasteiger partial charge in [-0.3, -0.25) is 9.67 Å². The highest BCUT2D eigenvalue weighted by molar-refractivity contribution is 5.99. The van der Waals surface area contributed by atoms with Crippen molar-refractivity contribution in [3.8, 4) is 0 Å². The zero-order valence-corrected chi connectivity index (χ0v) is 12.1. The Morgan fingerprint density at radius 1 is 1.13 bits per heavy atom. The molecule has 0 spiro atoms. The van der Waals surface area contributed by atoms with Crippen LogP contribution in [0.15, 0.2) is 61.2 Å². The van der Waals surface area contributed by atoms with E-state index in [1.165, 1.54) is 18.2 Å². The molecule has 7 heteroatoms. The molecule has 23 heavy (non-hydrogen) atoms. The Labute approximate surface area is 132 Å². The molecule has 0 atom stereocenters. The van der Waals surface area contributed by atoms with E-state index in [0.717, 1.165) is 5.56 Å². The molecule has 3 aromatic rings. The van der Waals surface area contributed by atoms with E-state index in [0.29, 0.717) is 17.9 Å². The van der Waals surface area contributed by atoms with Crippen LogP contribution >= 0.6 is 0 Å². The van der Waals surface area contributed by atoms with E-state index in [1.54, 1.807) is 35.5 Å². The van der Waals surface area contributed by atoms with Crippen LogP contribution < -0.4 is 10.6 Å². The predicted octanol–water partition coefficient (Wildman–Crippen LogP) is 3.11. The Balaban J connectivity index is 1.59. The quantitative estimate of drug-likeness (QED) is 0.777. The molecular weight excluding hydrogens is 297 g/mol. The van der Waals surface area contributed by atoms with E-state index in [9.17, 15) is 9.18 Å². The Morgan fingerprint density at radius 3 is 2.70 bits per heavy atom. The highest BCUT2D eigenvalue weighted by atomic mass is 19.1. The monoisotopic (exact) mass is 311 g/mol. The first kappa shape index (κ1) is 14.7. The first-order valence-electron chi connectivity index (χ1n) is 6.94. The number of nitrogens with zero attached hydrogens (tertiary/aromatic N) is 3. The summed E-state index contributed by atoms with van der Waals surface area (Å²) in [5.74, 6) is -0.409. The highest BCUT2D eigenvalue weighted by Crippen LogP contribution is 2.11. The van der Waals surface area contributed by atoms with Gasteiger partial charge in [-0.05, 0) is 35.9 Å². The smallest absolute Gasteiger partial charge is 0.308 e. The van der Waals surface area contributed by atoms with Crippen LogP contribution in [-0.2, 0) is 6.54 Å². The van der Waals surface area contributed by atoms with Gasteiger partial charge in [0, 0.05) is 24.3 Å². The molecule has 116 valence electrons. The van der Waals surface area contributed by atoms with Crippen LogP contribution in [0.2, 0.25) is 0 Å². The van der Waals surface area contributed by atoms with Gasteiger partial charge in [0.05, 0.1) is 18.4 Å². The summed E-state index contributed by atoms with van der Waals surface area (Å²) < 4.78 is 14.8. The number of urea groups is 1. The van der Waals surface area contributed by atoms with Crippen LogP contribution in [0.1, 0.15) is 5.56 Å². The number of rotatable bonds is 4. The van der Waals surface area contributed by atoms with Gasteiger partial charge in [-0.25, -0.2) is 9.18 Å². The average Bonchev–Trinajstić information content (AvgIpc) is 2.95. The number of nitrogens with one attached hydrogen (secondary N) is 2. The first-order valence-corrected chi connectivity index (χ1v) is 6.94. The maximum Gasteiger partial charge on any atom is 0.323 e. The summed E-state index contributed by atoms with van der Waals surface area (Å²) in [6.07, 6.45) is 6.69. The molecular formula is C16H14FN5O. The highest BCUT2D eigenvalue weighted by Gasteiger charge is 2.06. The molecule has 0 saturated heterocycles. The summed E-state index contributed by atoms with van der Waals surface area (Å²) in [6, 6.07) is 9.02. The lowest BCUT2D eigenvalue weighted by Gasteiger charge is -2.05. The minimum Gasteiger partial charge on any atom is -0.308 e. The normalized spacial score (nSPS) is 10.3. The summed E-state index contributed by atoms with van der Waals surface area (Å²) in [4.78, 5) is 15.8. The average molecular weight is 311 g/mol. The molecule has 0 aliphatic rings. The summed E-state index contributed by atoms with van der Waals surface area (Å²) >= 11 is 0. The van der Waals surface area contributed by atoms with Gasteiger partial charge in [0.1, 0.15) is 5.82 Å². The Morgan fingerprint density at radius 2 is 1.91 bits per heavy atom. The number of amides is 2. The number of benzene rings is 1. The van der Waals surface area contributed by atoms with E-state index in [2.05, 4.69) is 20.7 Å². The topological polar surface area (TPSA) is 71.8 Å². The van der Waals surface area contributed by atoms with Crippen molar-refractivity contribution in [3.05, 3.63) is 72.6 Å². The van der Waals surface area contributed by atoms with E-state index in [-0.39, 0.29) is 0 Å². The van der Waals surface area contributed by atoms with E-state index in [1.807, 2.05) is 12.1 Å². The van der Waals surface area contributed by atoms with Crippen molar-refractivity contribution in [2.75, 3.05) is 10.6 Å². The fourth-order valence-corrected chi connectivity index (χ4v) is 2.05. The van der Waals surface area contributed by atoms with Crippen molar-refractivity contribution < 1.29 is 9.18 Å². The molecule has 0 unspecified atom stereocenters. The number of aromatic nitrogens is 3. The molecule has 2 aromatic heterocycles. The maximum atomic E-state index is 13.1. The van der Waals surface area contributed by atoms with E-state index >= 15 is 0 Å². The molecule has 0 aliphatic heterocycles. The minimum atomic E-state index is -0.459. The van der Waals surface area contributed by atoms with Crippen LogP contribution in [-0.4, -0.2) is 20.8 Å². The Kier molecular flexibility index (Phi) is 4.28. The predicted molar refractivity (Wildman–Crippen MR) is 84.6 cm³/mol. The van der Waals surface area contributed by atoms with E-state index < -0.39 is 11.8 Å². The van der Waals surface area contributed by atoms with Crippen LogP contribution in [0.3, 0.4) is 0 Å². The van der Waals surface area contributed by atoms with Crippen molar-refractivity contribution in [2.45, 2.75) is 6.54 Å². The van der Waals surface area contributed by atoms with Crippen molar-refractivity contribution in [1.82, 2.24) is 14.8 Å². The third-order valence-corrected chi connectivity index (χ3v) is 3.07. The second kappa shape index (κ2) is 6.69. The molecule has 0 saturated carbocycles. The zero-order chi connectivity index (χ0) is 16.1. The molecule has 0 aliphatic carbocycles. The van der Waals surface area contributed by atoms with Crippen molar-refractivity contribution in [1.29, 1.82) is 0 Å². The number of carbonyl (C=O) groups is 1. The molecule has 2 amide bonds. The Bertz CT molecular complexity index is 803. The van der Waals surface area contributed by atoms with Crippen LogP contribution in [0.25, 0.3) is 0 Å². The third kappa shape index (κ3) is 4.13. The van der Waals surface area contributed by atoms with Gasteiger partial charge in [0.15, 0.2) is 0 Å². The van der Waals surface area contributed by atoms with Gasteiger partial charge < -0.3 is 10.6 Å². The number of hydrogen-bond donors (Lipinski definition) is 2. The molecule has 1 aromatic carbocycles. The first-order chi connectivity index (χ1) is 11.2. The molecule has 2 heterocycles. The lowest BCUT2D eigenvalue weighted by molar-refractivity contribution is 0.262. The standard InChI is InChI=1S/C16H14FN5O/c17-13-2-1-3-14(8-13)20-16(23)21-15-9-19-22(11-15)10-12-4-6-18-7-5-12/h1-9,11H,10H2,(H2,20,21,23). The lowest BCUT2D eigenvalue weighted by Crippen LogP contribution is -2.19. The number of halogens is 1. The van der Waals surface area contributed by atoms with Crippen molar-refractivity contribution in [2.24, 2.45) is 0 Å². The summed E-state index contributed by atoms with van der Waals surface area (Å²) in [5.41, 5.74) is 1.98. The number of hydrogen-bond acceptors (Lipinski definition) is 3. The van der Waals surface area contributed by atoms with E-state index in [4.69, 9.17) is 0 Å². The van der Waals surface area contributed by atoms with Crippen LogP contribution in [0.4, 0.5) is 20.6 Å². The molecule has 0 fully saturated rings. The van der Waals surface area contributed by atoms with Gasteiger partial charge in [-0.2, -0.15) is 5.10 Å². The summed E-state index contributed by atoms with van der Waals surface area (Å²) in [5, 5.41) is 9.38. The fraction of sp³-hybridized carbons (Fsp3) is 0.0625. The van der Waals surface area contributed by atoms with Gasteiger partial charge in [0.2, 0.25) is 0 Å². The minimum absolute atomic E-state index is 0.381. The summed E-state index contributed by atoms with van der Waals surface area (Å²) in [6.45, 7) is 0.579. The Hall–Kier alpha value is -3.22. The second-order valence-corrected chi connectivity index (χ2v) is 4.87. The lowest BCUT2D eigenvalue weighted by atomic mass is 10.3. The summed E-state index contributed by atoms with van der Waals surface area (Å²) in [7, 11) is 0. The van der Waals surface area contributed by atoms with Gasteiger partial charge >= 0.3 is 6.03 Å². The van der Waals surface area contributed by atoms with Gasteiger partial charge in [-0.1, -0.05) is 6.07 Å². The molecule has 6 nitrogen and oxygen atoms in total. The third-order valence-electron chi connectivity index (χ3n) is 3.07. The number of carbonyl (C=O) groups excluding carboxylic acids is 1. The van der Waals surface area contributed by atoms with Gasteiger partial charge in [-0.15, -0.1) is 0 Å². The largest absolute Gasteiger partial charge is 0.323 e. The molecule has 2 N–H and O–H groups in total. The zero-order valence-electron chi connectivity index (χ0n) is 12.1. The maximum absolute atomic E-state index is 13.1. The van der Waals surface area contributed by atoms with Crippen molar-refractivity contribution in [3.63, 3.8) is 0 Å². The van der Waals surface area contributed by atoms with Crippen LogP contribution in [0, 0.1) is 5.82 Å². The number of pyridine rings is 1.